The molecule has 0 aliphatic rings. The van der Waals surface area contributed by atoms with Gasteiger partial charge in [-0.1, -0.05) is 12.1 Å². The molecule has 6 rings (SSSR count). The third kappa shape index (κ3) is 4.28. The molecule has 11 heteroatoms. The molecule has 0 amide bonds. The van der Waals surface area contributed by atoms with Crippen LogP contribution in [0.3, 0.4) is 0 Å². The van der Waals surface area contributed by atoms with Crippen LogP contribution < -0.4 is 15.6 Å². The zero-order valence-corrected chi connectivity index (χ0v) is 21.3. The van der Waals surface area contributed by atoms with Gasteiger partial charge in [-0.2, -0.15) is 9.50 Å². The van der Waals surface area contributed by atoms with Crippen LogP contribution in [-0.4, -0.2) is 60.8 Å². The second-order valence-electron chi connectivity index (χ2n) is 8.97. The lowest BCUT2D eigenvalue weighted by Gasteiger charge is -2.18. The Labute approximate surface area is 215 Å². The fourth-order valence-corrected chi connectivity index (χ4v) is 5.03. The Bertz CT molecular complexity index is 1770. The highest BCUT2D eigenvalue weighted by Gasteiger charge is 2.19. The zero-order chi connectivity index (χ0) is 25.5. The van der Waals surface area contributed by atoms with Crippen molar-refractivity contribution in [2.45, 2.75) is 13.0 Å². The number of likely N-dealkylation sites (N-methyl/N-ethyl adjacent to an activating group) is 1. The number of nitrogens with zero attached hydrogens (tertiary/aromatic N) is 7. The highest BCUT2D eigenvalue weighted by Crippen LogP contribution is 2.26. The summed E-state index contributed by atoms with van der Waals surface area (Å²) in [5.41, 5.74) is 2.21. The molecule has 0 aliphatic heterocycles. The second-order valence-corrected chi connectivity index (χ2v) is 9.84. The Balaban J connectivity index is 1.37. The number of rotatable bonds is 7. The second kappa shape index (κ2) is 9.26. The van der Waals surface area contributed by atoms with Crippen molar-refractivity contribution in [3.8, 4) is 10.9 Å². The third-order valence-electron chi connectivity index (χ3n) is 5.85. The van der Waals surface area contributed by atoms with Gasteiger partial charge >= 0.3 is 0 Å². The van der Waals surface area contributed by atoms with Crippen LogP contribution in [0.4, 0.5) is 11.6 Å². The summed E-state index contributed by atoms with van der Waals surface area (Å²) < 4.78 is 9.28. The summed E-state index contributed by atoms with van der Waals surface area (Å²) in [7, 11) is 4.04. The Hall–Kier alpha value is -4.35. The number of para-hydroxylation sites is 1. The van der Waals surface area contributed by atoms with Gasteiger partial charge in [0.15, 0.2) is 11.3 Å². The average molecular weight is 513 g/mol. The SMILES string of the molecule is CC(CN(C)C)Oc1ccc(Nc2ncc3c(=O)n4c(nc3n2)c2ccccc2n4-c2nccs2)cc1. The molecule has 1 atom stereocenters. The van der Waals surface area contributed by atoms with Crippen molar-refractivity contribution in [2.75, 3.05) is 26.0 Å². The summed E-state index contributed by atoms with van der Waals surface area (Å²) in [5, 5.41) is 6.90. The molecule has 2 aromatic carbocycles. The van der Waals surface area contributed by atoms with Crippen LogP contribution in [0.15, 0.2) is 71.1 Å². The molecule has 4 heterocycles. The van der Waals surface area contributed by atoms with Crippen molar-refractivity contribution in [3.05, 3.63) is 76.7 Å². The maximum absolute atomic E-state index is 13.6. The van der Waals surface area contributed by atoms with Crippen LogP contribution in [0.2, 0.25) is 0 Å². The maximum atomic E-state index is 13.6. The Morgan fingerprint density at radius 2 is 1.86 bits per heavy atom. The first-order valence-electron chi connectivity index (χ1n) is 11.8. The van der Waals surface area contributed by atoms with Crippen LogP contribution in [0.25, 0.3) is 32.7 Å². The van der Waals surface area contributed by atoms with Crippen LogP contribution in [-0.2, 0) is 0 Å². The topological polar surface area (TPSA) is 102 Å². The lowest BCUT2D eigenvalue weighted by Crippen LogP contribution is -2.27. The molecule has 0 radical (unpaired) electrons. The van der Waals surface area contributed by atoms with Gasteiger partial charge in [-0.3, -0.25) is 4.79 Å². The van der Waals surface area contributed by atoms with Gasteiger partial charge in [-0.15, -0.1) is 11.3 Å². The summed E-state index contributed by atoms with van der Waals surface area (Å²) in [5.74, 6) is 1.13. The lowest BCUT2D eigenvalue weighted by molar-refractivity contribution is 0.177. The first kappa shape index (κ1) is 23.1. The molecule has 0 aliphatic carbocycles. The summed E-state index contributed by atoms with van der Waals surface area (Å²) in [4.78, 5) is 33.8. The molecule has 10 nitrogen and oxygen atoms in total. The summed E-state index contributed by atoms with van der Waals surface area (Å²) in [6.45, 7) is 2.86. The third-order valence-corrected chi connectivity index (χ3v) is 6.59. The van der Waals surface area contributed by atoms with Gasteiger partial charge in [0.1, 0.15) is 17.2 Å². The Morgan fingerprint density at radius 3 is 2.62 bits per heavy atom. The normalized spacial score (nSPS) is 12.5. The van der Waals surface area contributed by atoms with Gasteiger partial charge in [-0.25, -0.2) is 19.6 Å². The number of thiazole rings is 1. The van der Waals surface area contributed by atoms with E-state index in [1.165, 1.54) is 22.0 Å². The number of fused-ring (bicyclic) bond motifs is 4. The van der Waals surface area contributed by atoms with E-state index in [-0.39, 0.29) is 11.7 Å². The molecule has 6 aromatic rings. The van der Waals surface area contributed by atoms with Crippen molar-refractivity contribution in [1.29, 1.82) is 0 Å². The molecular formula is C26H24N8O2S. The maximum Gasteiger partial charge on any atom is 0.284 e. The number of anilines is 2. The predicted molar refractivity (Wildman–Crippen MR) is 145 cm³/mol. The first-order valence-corrected chi connectivity index (χ1v) is 12.6. The fourth-order valence-electron chi connectivity index (χ4n) is 4.38. The van der Waals surface area contributed by atoms with E-state index >= 15 is 0 Å². The molecule has 186 valence electrons. The van der Waals surface area contributed by atoms with Crippen LogP contribution in [0, 0.1) is 0 Å². The molecule has 4 aromatic heterocycles. The smallest absolute Gasteiger partial charge is 0.284 e. The molecule has 1 unspecified atom stereocenters. The monoisotopic (exact) mass is 512 g/mol. The fraction of sp³-hybridized carbons (Fsp3) is 0.192. The van der Waals surface area contributed by atoms with Crippen LogP contribution >= 0.6 is 11.3 Å². The van der Waals surface area contributed by atoms with Gasteiger partial charge in [0, 0.05) is 35.4 Å². The van der Waals surface area contributed by atoms with E-state index in [1.807, 2.05) is 74.9 Å². The van der Waals surface area contributed by atoms with Gasteiger partial charge in [0.2, 0.25) is 11.1 Å². The van der Waals surface area contributed by atoms with E-state index in [0.29, 0.717) is 27.8 Å². The van der Waals surface area contributed by atoms with E-state index in [2.05, 4.69) is 25.2 Å². The van der Waals surface area contributed by atoms with E-state index in [1.54, 1.807) is 10.9 Å². The number of hydrogen-bond acceptors (Lipinski definition) is 9. The first-order chi connectivity index (χ1) is 18.0. The highest BCUT2D eigenvalue weighted by molar-refractivity contribution is 7.12. The van der Waals surface area contributed by atoms with Crippen molar-refractivity contribution < 1.29 is 4.74 Å². The summed E-state index contributed by atoms with van der Waals surface area (Å²) in [6.07, 6.45) is 3.29. The van der Waals surface area contributed by atoms with E-state index in [0.717, 1.165) is 28.9 Å². The molecular weight excluding hydrogens is 488 g/mol. The van der Waals surface area contributed by atoms with Gasteiger partial charge in [-0.05, 0) is 57.4 Å². The minimum atomic E-state index is -0.258. The number of benzene rings is 2. The molecule has 1 N–H and O–H groups in total. The van der Waals surface area contributed by atoms with Crippen LogP contribution in [0.1, 0.15) is 6.92 Å². The predicted octanol–water partition coefficient (Wildman–Crippen LogP) is 4.11. The van der Waals surface area contributed by atoms with Gasteiger partial charge in [0.05, 0.1) is 5.52 Å². The minimum Gasteiger partial charge on any atom is -0.489 e. The van der Waals surface area contributed by atoms with Gasteiger partial charge in [0.25, 0.3) is 5.56 Å². The van der Waals surface area contributed by atoms with Crippen molar-refractivity contribution in [2.24, 2.45) is 0 Å². The van der Waals surface area contributed by atoms with E-state index in [9.17, 15) is 4.79 Å². The van der Waals surface area contributed by atoms with Crippen molar-refractivity contribution >= 4 is 50.6 Å². The van der Waals surface area contributed by atoms with Crippen LogP contribution in [0.5, 0.6) is 5.75 Å². The van der Waals surface area contributed by atoms with E-state index in [4.69, 9.17) is 9.72 Å². The highest BCUT2D eigenvalue weighted by atomic mass is 32.1. The molecule has 0 spiro atoms. The van der Waals surface area contributed by atoms with E-state index < -0.39 is 0 Å². The Morgan fingerprint density at radius 1 is 1.05 bits per heavy atom. The minimum absolute atomic E-state index is 0.0706. The Kier molecular flexibility index (Phi) is 5.78. The zero-order valence-electron chi connectivity index (χ0n) is 20.5. The molecule has 0 bridgehead atoms. The molecule has 0 saturated heterocycles. The standard InChI is InChI=1S/C26H24N8O2S/c1-16(15-32(2)3)36-18-10-8-17(9-11-18)29-25-28-14-20-22(31-25)30-23-19-6-4-5-7-21(19)33(34(23)24(20)35)26-27-12-13-37-26/h4-14,16H,15H2,1-3H3,(H,28,29,31). The number of nitrogens with one attached hydrogen (secondary N) is 1. The molecule has 0 saturated carbocycles. The van der Waals surface area contributed by atoms with Crippen molar-refractivity contribution in [1.82, 2.24) is 34.0 Å². The number of ether oxygens (including phenoxy) is 1. The van der Waals surface area contributed by atoms with Gasteiger partial charge < -0.3 is 15.0 Å². The van der Waals surface area contributed by atoms with Crippen molar-refractivity contribution in [3.63, 3.8) is 0 Å². The summed E-state index contributed by atoms with van der Waals surface area (Å²) >= 11 is 1.45. The molecule has 37 heavy (non-hydrogen) atoms. The lowest BCUT2D eigenvalue weighted by atomic mass is 10.2. The molecule has 0 fully saturated rings. The number of hydrogen-bond donors (Lipinski definition) is 1. The average Bonchev–Trinajstić information content (AvgIpc) is 3.51. The number of aromatic nitrogens is 6. The summed E-state index contributed by atoms with van der Waals surface area (Å²) in [6, 6.07) is 15.3. The largest absolute Gasteiger partial charge is 0.489 e. The quantitative estimate of drug-likeness (QED) is 0.341.